The molecule has 0 unspecified atom stereocenters. The molecule has 1 aliphatic carbocycles. The summed E-state index contributed by atoms with van der Waals surface area (Å²) in [6, 6.07) is 3.77. The molecule has 1 fully saturated rings. The van der Waals surface area contributed by atoms with Gasteiger partial charge in [0.2, 0.25) is 0 Å². The SMILES string of the molecule is FC(F)(F)C1CCC(Oc2cc(Br)c3c(c2)CCO3)CC1. The van der Waals surface area contributed by atoms with Crippen LogP contribution < -0.4 is 9.47 Å². The van der Waals surface area contributed by atoms with Crippen molar-refractivity contribution in [3.05, 3.63) is 22.2 Å². The van der Waals surface area contributed by atoms with Gasteiger partial charge in [0.1, 0.15) is 11.5 Å². The van der Waals surface area contributed by atoms with Crippen LogP contribution in [0.25, 0.3) is 0 Å². The monoisotopic (exact) mass is 364 g/mol. The second-order valence-corrected chi connectivity index (χ2v) is 6.48. The Morgan fingerprint density at radius 1 is 1.14 bits per heavy atom. The van der Waals surface area contributed by atoms with Gasteiger partial charge in [-0.2, -0.15) is 13.2 Å². The molecule has 1 saturated carbocycles. The van der Waals surface area contributed by atoms with E-state index in [4.69, 9.17) is 9.47 Å². The van der Waals surface area contributed by atoms with Crippen molar-refractivity contribution in [2.75, 3.05) is 6.61 Å². The summed E-state index contributed by atoms with van der Waals surface area (Å²) in [4.78, 5) is 0. The molecule has 0 amide bonds. The minimum absolute atomic E-state index is 0.129. The number of benzene rings is 1. The lowest BCUT2D eigenvalue weighted by Gasteiger charge is -2.30. The van der Waals surface area contributed by atoms with E-state index in [1.54, 1.807) is 0 Å². The molecule has 1 aliphatic heterocycles. The topological polar surface area (TPSA) is 18.5 Å². The number of hydrogen-bond donors (Lipinski definition) is 0. The maximum absolute atomic E-state index is 12.6. The summed E-state index contributed by atoms with van der Waals surface area (Å²) in [5.41, 5.74) is 1.09. The molecular formula is C15H16BrF3O2. The molecule has 1 aromatic rings. The van der Waals surface area contributed by atoms with E-state index in [-0.39, 0.29) is 18.9 Å². The number of fused-ring (bicyclic) bond motifs is 1. The smallest absolute Gasteiger partial charge is 0.391 e. The molecule has 0 bridgehead atoms. The summed E-state index contributed by atoms with van der Waals surface area (Å²) in [5, 5.41) is 0. The summed E-state index contributed by atoms with van der Waals surface area (Å²) in [7, 11) is 0. The van der Waals surface area contributed by atoms with Gasteiger partial charge in [0, 0.05) is 12.0 Å². The van der Waals surface area contributed by atoms with Gasteiger partial charge < -0.3 is 9.47 Å². The number of ether oxygens (including phenoxy) is 2. The number of rotatable bonds is 2. The third-order valence-electron chi connectivity index (χ3n) is 4.15. The van der Waals surface area contributed by atoms with Crippen LogP contribution in [0.15, 0.2) is 16.6 Å². The highest BCUT2D eigenvalue weighted by atomic mass is 79.9. The molecule has 0 N–H and O–H groups in total. The number of alkyl halides is 3. The first-order chi connectivity index (χ1) is 9.93. The Bertz CT molecular complexity index is 522. The summed E-state index contributed by atoms with van der Waals surface area (Å²) in [6.07, 6.45) is -2.14. The molecule has 1 heterocycles. The molecule has 21 heavy (non-hydrogen) atoms. The Labute approximate surface area is 129 Å². The lowest BCUT2D eigenvalue weighted by Crippen LogP contribution is -2.31. The molecule has 3 rings (SSSR count). The van der Waals surface area contributed by atoms with Gasteiger partial charge in [-0.15, -0.1) is 0 Å². The summed E-state index contributed by atoms with van der Waals surface area (Å²) in [5.74, 6) is 0.391. The van der Waals surface area contributed by atoms with Crippen molar-refractivity contribution in [3.63, 3.8) is 0 Å². The molecule has 0 aromatic heterocycles. The Hall–Kier alpha value is -0.910. The Morgan fingerprint density at radius 2 is 1.86 bits per heavy atom. The Balaban J connectivity index is 1.62. The van der Waals surface area contributed by atoms with Gasteiger partial charge in [-0.1, -0.05) is 0 Å². The van der Waals surface area contributed by atoms with Crippen molar-refractivity contribution in [2.24, 2.45) is 5.92 Å². The second kappa shape index (κ2) is 5.71. The zero-order chi connectivity index (χ0) is 15.0. The van der Waals surface area contributed by atoms with E-state index in [1.165, 1.54) is 0 Å². The Kier molecular flexibility index (Phi) is 4.08. The average molecular weight is 365 g/mol. The van der Waals surface area contributed by atoms with Crippen LogP contribution in [-0.4, -0.2) is 18.9 Å². The van der Waals surface area contributed by atoms with Gasteiger partial charge in [-0.3, -0.25) is 0 Å². The first-order valence-corrected chi connectivity index (χ1v) is 7.91. The third-order valence-corrected chi connectivity index (χ3v) is 4.74. The molecule has 6 heteroatoms. The molecule has 0 atom stereocenters. The zero-order valence-electron chi connectivity index (χ0n) is 11.4. The van der Waals surface area contributed by atoms with Gasteiger partial charge in [0.25, 0.3) is 0 Å². The molecule has 0 radical (unpaired) electrons. The summed E-state index contributed by atoms with van der Waals surface area (Å²) < 4.78 is 50.1. The Morgan fingerprint density at radius 3 is 2.52 bits per heavy atom. The van der Waals surface area contributed by atoms with Crippen molar-refractivity contribution in [3.8, 4) is 11.5 Å². The quantitative estimate of drug-likeness (QED) is 0.744. The van der Waals surface area contributed by atoms with Crippen LogP contribution in [0.5, 0.6) is 11.5 Å². The maximum atomic E-state index is 12.6. The van der Waals surface area contributed by atoms with E-state index >= 15 is 0 Å². The molecule has 1 aromatic carbocycles. The normalized spacial score (nSPS) is 25.3. The molecule has 116 valence electrons. The van der Waals surface area contributed by atoms with Gasteiger partial charge in [0.15, 0.2) is 0 Å². The summed E-state index contributed by atoms with van der Waals surface area (Å²) in [6.45, 7) is 0.661. The van der Waals surface area contributed by atoms with Gasteiger partial charge in [0.05, 0.1) is 23.1 Å². The summed E-state index contributed by atoms with van der Waals surface area (Å²) >= 11 is 3.44. The first-order valence-electron chi connectivity index (χ1n) is 7.12. The number of halogens is 4. The van der Waals surface area contributed by atoms with Crippen LogP contribution in [0.4, 0.5) is 13.2 Å². The third kappa shape index (κ3) is 3.30. The van der Waals surface area contributed by atoms with E-state index in [1.807, 2.05) is 12.1 Å². The highest BCUT2D eigenvalue weighted by molar-refractivity contribution is 9.10. The highest BCUT2D eigenvalue weighted by Crippen LogP contribution is 2.40. The van der Waals surface area contributed by atoms with Gasteiger partial charge in [-0.05, 0) is 53.7 Å². The largest absolute Gasteiger partial charge is 0.492 e. The first kappa shape index (κ1) is 15.0. The van der Waals surface area contributed by atoms with E-state index in [9.17, 15) is 13.2 Å². The fraction of sp³-hybridized carbons (Fsp3) is 0.600. The number of hydrogen-bond acceptors (Lipinski definition) is 2. The fourth-order valence-corrected chi connectivity index (χ4v) is 3.60. The van der Waals surface area contributed by atoms with Crippen LogP contribution in [0.2, 0.25) is 0 Å². The fourth-order valence-electron chi connectivity index (χ4n) is 3.00. The predicted octanol–water partition coefficient (Wildman–Crippen LogP) is 4.88. The van der Waals surface area contributed by atoms with E-state index in [0.29, 0.717) is 25.2 Å². The maximum Gasteiger partial charge on any atom is 0.391 e. The minimum Gasteiger partial charge on any atom is -0.492 e. The van der Waals surface area contributed by atoms with Crippen LogP contribution >= 0.6 is 15.9 Å². The minimum atomic E-state index is -4.07. The second-order valence-electron chi connectivity index (χ2n) is 5.62. The molecule has 0 saturated heterocycles. The van der Waals surface area contributed by atoms with Crippen LogP contribution in [0, 0.1) is 5.92 Å². The van der Waals surface area contributed by atoms with Crippen LogP contribution in [-0.2, 0) is 6.42 Å². The van der Waals surface area contributed by atoms with Crippen LogP contribution in [0.3, 0.4) is 0 Å². The molecule has 0 spiro atoms. The predicted molar refractivity (Wildman–Crippen MR) is 75.8 cm³/mol. The lowest BCUT2D eigenvalue weighted by atomic mass is 9.87. The van der Waals surface area contributed by atoms with Gasteiger partial charge >= 0.3 is 6.18 Å². The van der Waals surface area contributed by atoms with Gasteiger partial charge in [-0.25, -0.2) is 0 Å². The van der Waals surface area contributed by atoms with Crippen LogP contribution in [0.1, 0.15) is 31.2 Å². The standard InChI is InChI=1S/C15H16BrF3O2/c16-13-8-12(7-9-5-6-20-14(9)13)21-11-3-1-10(2-4-11)15(17,18)19/h7-8,10-11H,1-6H2. The van der Waals surface area contributed by atoms with Crippen molar-refractivity contribution >= 4 is 15.9 Å². The molecular weight excluding hydrogens is 349 g/mol. The van der Waals surface area contributed by atoms with E-state index in [0.717, 1.165) is 22.2 Å². The zero-order valence-corrected chi connectivity index (χ0v) is 13.0. The van der Waals surface area contributed by atoms with E-state index < -0.39 is 12.1 Å². The average Bonchev–Trinajstić information content (AvgIpc) is 2.87. The van der Waals surface area contributed by atoms with E-state index in [2.05, 4.69) is 15.9 Å². The lowest BCUT2D eigenvalue weighted by molar-refractivity contribution is -0.185. The van der Waals surface area contributed by atoms with Crippen molar-refractivity contribution in [1.29, 1.82) is 0 Å². The van der Waals surface area contributed by atoms with Crippen molar-refractivity contribution in [2.45, 2.75) is 44.4 Å². The van der Waals surface area contributed by atoms with Crippen molar-refractivity contribution < 1.29 is 22.6 Å². The highest BCUT2D eigenvalue weighted by Gasteiger charge is 2.41. The molecule has 2 nitrogen and oxygen atoms in total. The molecule has 2 aliphatic rings. The van der Waals surface area contributed by atoms with Crippen molar-refractivity contribution in [1.82, 2.24) is 0 Å².